The molecule has 1 heterocycles. The Balaban J connectivity index is 2.18. The van der Waals surface area contributed by atoms with Gasteiger partial charge < -0.3 is 4.42 Å². The van der Waals surface area contributed by atoms with Gasteiger partial charge in [-0.3, -0.25) is 0 Å². The van der Waals surface area contributed by atoms with E-state index in [9.17, 15) is 0 Å². The van der Waals surface area contributed by atoms with Crippen molar-refractivity contribution in [3.63, 3.8) is 0 Å². The van der Waals surface area contributed by atoms with E-state index >= 15 is 0 Å². The first-order chi connectivity index (χ1) is 9.16. The average molecular weight is 336 g/mol. The van der Waals surface area contributed by atoms with Gasteiger partial charge in [-0.1, -0.05) is 36.4 Å². The number of hydrogen-bond acceptors (Lipinski definition) is 1. The summed E-state index contributed by atoms with van der Waals surface area (Å²) in [5, 5.41) is 2.13. The smallest absolute Gasteiger partial charge is 0.169 e. The summed E-state index contributed by atoms with van der Waals surface area (Å²) in [5.41, 5.74) is 2.33. The number of benzene rings is 2. The van der Waals surface area contributed by atoms with Crippen molar-refractivity contribution < 1.29 is 4.42 Å². The summed E-state index contributed by atoms with van der Waals surface area (Å²) in [6, 6.07) is 16.2. The maximum Gasteiger partial charge on any atom is 0.169 e. The number of halogens is 2. The monoisotopic (exact) mass is 334 g/mol. The van der Waals surface area contributed by atoms with Crippen LogP contribution in [0, 0.1) is 6.92 Å². The molecule has 0 aliphatic carbocycles. The van der Waals surface area contributed by atoms with Crippen molar-refractivity contribution in [3.05, 3.63) is 70.1 Å². The molecular formula is C16H12BrClO. The molecule has 2 aromatic carbocycles. The zero-order chi connectivity index (χ0) is 13.4. The molecule has 1 nitrogen and oxygen atoms in total. The molecule has 0 amide bonds. The van der Waals surface area contributed by atoms with E-state index in [4.69, 9.17) is 16.0 Å². The predicted octanol–water partition coefficient (Wildman–Crippen LogP) is 5.83. The van der Waals surface area contributed by atoms with E-state index in [1.807, 2.05) is 24.3 Å². The summed E-state index contributed by atoms with van der Waals surface area (Å²) in [4.78, 5) is 0. The molecule has 3 rings (SSSR count). The van der Waals surface area contributed by atoms with Crippen LogP contribution in [0.2, 0.25) is 0 Å². The van der Waals surface area contributed by atoms with E-state index in [1.165, 1.54) is 16.3 Å². The molecule has 1 atom stereocenters. The Morgan fingerprint density at radius 3 is 2.42 bits per heavy atom. The normalized spacial score (nSPS) is 12.8. The number of rotatable bonds is 2. The van der Waals surface area contributed by atoms with Gasteiger partial charge in [0.2, 0.25) is 0 Å². The summed E-state index contributed by atoms with van der Waals surface area (Å²) in [6.45, 7) is 2.11. The number of alkyl halides is 1. The van der Waals surface area contributed by atoms with Crippen molar-refractivity contribution in [3.8, 4) is 0 Å². The maximum atomic E-state index is 6.56. The second-order valence-corrected chi connectivity index (χ2v) is 5.74. The van der Waals surface area contributed by atoms with Crippen molar-refractivity contribution >= 4 is 38.3 Å². The van der Waals surface area contributed by atoms with E-state index in [1.54, 1.807) is 0 Å². The van der Waals surface area contributed by atoms with Crippen LogP contribution in [0.3, 0.4) is 0 Å². The number of aryl methyl sites for hydroxylation is 1. The zero-order valence-electron chi connectivity index (χ0n) is 10.4. The Morgan fingerprint density at radius 1 is 1.00 bits per heavy atom. The molecule has 0 saturated heterocycles. The lowest BCUT2D eigenvalue weighted by atomic mass is 9.97. The molecule has 0 radical (unpaired) electrons. The Hall–Kier alpha value is -1.25. The SMILES string of the molecule is Cc1ccc(C(Cl)c2ccc(Br)o2)c2ccccc12. The first-order valence-electron chi connectivity index (χ1n) is 6.04. The van der Waals surface area contributed by atoms with Crippen LogP contribution in [0.25, 0.3) is 10.8 Å². The van der Waals surface area contributed by atoms with Gasteiger partial charge in [0.05, 0.1) is 0 Å². The van der Waals surface area contributed by atoms with E-state index in [0.717, 1.165) is 11.3 Å². The standard InChI is InChI=1S/C16H12BrClO/c1-10-6-7-13(12-5-3-2-4-11(10)12)16(18)14-8-9-15(17)19-14/h2-9,16H,1H3. The molecule has 96 valence electrons. The van der Waals surface area contributed by atoms with Gasteiger partial charge in [-0.25, -0.2) is 0 Å². The Kier molecular flexibility index (Phi) is 3.38. The molecule has 0 aliphatic rings. The lowest BCUT2D eigenvalue weighted by Gasteiger charge is -2.12. The van der Waals surface area contributed by atoms with Crippen LogP contribution in [0.5, 0.6) is 0 Å². The quantitative estimate of drug-likeness (QED) is 0.537. The molecular weight excluding hydrogens is 324 g/mol. The van der Waals surface area contributed by atoms with Gasteiger partial charge in [-0.15, -0.1) is 11.6 Å². The highest BCUT2D eigenvalue weighted by atomic mass is 79.9. The molecule has 19 heavy (non-hydrogen) atoms. The van der Waals surface area contributed by atoms with Crippen molar-refractivity contribution in [2.75, 3.05) is 0 Å². The topological polar surface area (TPSA) is 13.1 Å². The molecule has 0 N–H and O–H groups in total. The van der Waals surface area contributed by atoms with Crippen LogP contribution >= 0.6 is 27.5 Å². The molecule has 0 fully saturated rings. The second-order valence-electron chi connectivity index (χ2n) is 4.52. The van der Waals surface area contributed by atoms with E-state index in [-0.39, 0.29) is 5.38 Å². The fraction of sp³-hybridized carbons (Fsp3) is 0.125. The second kappa shape index (κ2) is 5.03. The molecule has 1 aromatic heterocycles. The Labute approximate surface area is 125 Å². The molecule has 0 aliphatic heterocycles. The van der Waals surface area contributed by atoms with Crippen LogP contribution in [0.15, 0.2) is 57.6 Å². The highest BCUT2D eigenvalue weighted by Gasteiger charge is 2.17. The van der Waals surface area contributed by atoms with Gasteiger partial charge in [0, 0.05) is 0 Å². The van der Waals surface area contributed by atoms with Gasteiger partial charge in [-0.05, 0) is 56.9 Å². The zero-order valence-corrected chi connectivity index (χ0v) is 12.7. The minimum Gasteiger partial charge on any atom is -0.452 e. The van der Waals surface area contributed by atoms with Crippen molar-refractivity contribution in [1.82, 2.24) is 0 Å². The molecule has 1 unspecified atom stereocenters. The summed E-state index contributed by atoms with van der Waals surface area (Å²) in [6.07, 6.45) is 0. The van der Waals surface area contributed by atoms with Crippen LogP contribution < -0.4 is 0 Å². The molecule has 0 saturated carbocycles. The minimum absolute atomic E-state index is 0.281. The third kappa shape index (κ3) is 2.31. The van der Waals surface area contributed by atoms with Crippen LogP contribution in [-0.4, -0.2) is 0 Å². The third-order valence-corrected chi connectivity index (χ3v) is 4.17. The van der Waals surface area contributed by atoms with Gasteiger partial charge in [-0.2, -0.15) is 0 Å². The lowest BCUT2D eigenvalue weighted by Crippen LogP contribution is -1.94. The lowest BCUT2D eigenvalue weighted by molar-refractivity contribution is 0.494. The van der Waals surface area contributed by atoms with E-state index in [0.29, 0.717) is 4.67 Å². The van der Waals surface area contributed by atoms with Crippen LogP contribution in [0.4, 0.5) is 0 Å². The number of furan rings is 1. The van der Waals surface area contributed by atoms with Crippen LogP contribution in [-0.2, 0) is 0 Å². The van der Waals surface area contributed by atoms with Crippen molar-refractivity contribution in [2.24, 2.45) is 0 Å². The predicted molar refractivity (Wildman–Crippen MR) is 82.8 cm³/mol. The number of fused-ring (bicyclic) bond motifs is 1. The summed E-state index contributed by atoms with van der Waals surface area (Å²) in [5.74, 6) is 0.752. The van der Waals surface area contributed by atoms with Crippen molar-refractivity contribution in [2.45, 2.75) is 12.3 Å². The van der Waals surface area contributed by atoms with E-state index < -0.39 is 0 Å². The molecule has 0 bridgehead atoms. The molecule has 3 aromatic rings. The first kappa shape index (κ1) is 12.8. The van der Waals surface area contributed by atoms with E-state index in [2.05, 4.69) is 47.1 Å². The maximum absolute atomic E-state index is 6.56. The van der Waals surface area contributed by atoms with Gasteiger partial charge in [0.15, 0.2) is 4.67 Å². The summed E-state index contributed by atoms with van der Waals surface area (Å²) >= 11 is 9.87. The fourth-order valence-electron chi connectivity index (χ4n) is 2.31. The summed E-state index contributed by atoms with van der Waals surface area (Å²) in [7, 11) is 0. The Morgan fingerprint density at radius 2 is 1.74 bits per heavy atom. The average Bonchev–Trinajstić information content (AvgIpc) is 2.86. The van der Waals surface area contributed by atoms with Gasteiger partial charge >= 0.3 is 0 Å². The Bertz CT molecular complexity index is 732. The largest absolute Gasteiger partial charge is 0.452 e. The number of hydrogen-bond donors (Lipinski definition) is 0. The van der Waals surface area contributed by atoms with Gasteiger partial charge in [0.25, 0.3) is 0 Å². The minimum atomic E-state index is -0.281. The molecule has 0 spiro atoms. The van der Waals surface area contributed by atoms with Crippen molar-refractivity contribution in [1.29, 1.82) is 0 Å². The summed E-state index contributed by atoms with van der Waals surface area (Å²) < 4.78 is 6.26. The van der Waals surface area contributed by atoms with Crippen LogP contribution in [0.1, 0.15) is 22.3 Å². The third-order valence-electron chi connectivity index (χ3n) is 3.29. The fourth-order valence-corrected chi connectivity index (χ4v) is 2.94. The highest BCUT2D eigenvalue weighted by Crippen LogP contribution is 2.36. The van der Waals surface area contributed by atoms with Gasteiger partial charge in [0.1, 0.15) is 11.1 Å². The molecule has 3 heteroatoms. The first-order valence-corrected chi connectivity index (χ1v) is 7.27. The highest BCUT2D eigenvalue weighted by molar-refractivity contribution is 9.10.